The number of hydrogen-bond acceptors (Lipinski definition) is 3. The number of aliphatic hydroxyl groups excluding tert-OH is 1. The Morgan fingerprint density at radius 2 is 1.86 bits per heavy atom. The third-order valence-corrected chi connectivity index (χ3v) is 4.46. The normalized spacial score (nSPS) is 10.9. The summed E-state index contributed by atoms with van der Waals surface area (Å²) < 4.78 is 6.36. The SMILES string of the molecule is OCc1c(-c2cccc(Br)c2)noc1-c1ccc(Cl)c(Cl)c1. The standard InChI is InChI=1S/C16H10BrCl2NO2/c17-11-3-1-2-9(6-11)15-12(8-21)16(22-20-15)10-4-5-13(18)14(19)7-10/h1-7,21H,8H2. The van der Waals surface area contributed by atoms with Gasteiger partial charge in [0.1, 0.15) is 5.69 Å². The van der Waals surface area contributed by atoms with Gasteiger partial charge in [0.15, 0.2) is 5.76 Å². The van der Waals surface area contributed by atoms with Gasteiger partial charge in [0.05, 0.1) is 22.2 Å². The van der Waals surface area contributed by atoms with Crippen LogP contribution in [-0.2, 0) is 6.61 Å². The zero-order valence-corrected chi connectivity index (χ0v) is 14.3. The van der Waals surface area contributed by atoms with Crippen LogP contribution >= 0.6 is 39.1 Å². The maximum Gasteiger partial charge on any atom is 0.173 e. The highest BCUT2D eigenvalue weighted by Crippen LogP contribution is 2.35. The average Bonchev–Trinajstić information content (AvgIpc) is 2.94. The molecule has 1 heterocycles. The van der Waals surface area contributed by atoms with Crippen LogP contribution in [0.3, 0.4) is 0 Å². The summed E-state index contributed by atoms with van der Waals surface area (Å²) in [7, 11) is 0. The minimum absolute atomic E-state index is 0.194. The average molecular weight is 399 g/mol. The van der Waals surface area contributed by atoms with Gasteiger partial charge in [-0.05, 0) is 30.3 Å². The van der Waals surface area contributed by atoms with Crippen LogP contribution in [0.25, 0.3) is 22.6 Å². The Morgan fingerprint density at radius 1 is 1.05 bits per heavy atom. The second-order valence-electron chi connectivity index (χ2n) is 4.64. The maximum absolute atomic E-state index is 9.73. The fourth-order valence-corrected chi connectivity index (χ4v) is 2.88. The van der Waals surface area contributed by atoms with E-state index in [1.165, 1.54) is 0 Å². The number of halogens is 3. The fourth-order valence-electron chi connectivity index (χ4n) is 2.18. The van der Waals surface area contributed by atoms with Crippen molar-refractivity contribution in [2.45, 2.75) is 6.61 Å². The van der Waals surface area contributed by atoms with Gasteiger partial charge >= 0.3 is 0 Å². The number of rotatable bonds is 3. The first-order valence-corrected chi connectivity index (χ1v) is 7.96. The highest BCUT2D eigenvalue weighted by molar-refractivity contribution is 9.10. The quantitative estimate of drug-likeness (QED) is 0.627. The molecule has 0 spiro atoms. The molecule has 2 aromatic carbocycles. The van der Waals surface area contributed by atoms with E-state index in [1.807, 2.05) is 24.3 Å². The van der Waals surface area contributed by atoms with Gasteiger partial charge in [-0.15, -0.1) is 0 Å². The van der Waals surface area contributed by atoms with Gasteiger partial charge in [-0.1, -0.05) is 56.4 Å². The molecule has 0 amide bonds. The van der Waals surface area contributed by atoms with Crippen molar-refractivity contribution in [1.82, 2.24) is 5.16 Å². The molecule has 3 aromatic rings. The van der Waals surface area contributed by atoms with Crippen molar-refractivity contribution in [1.29, 1.82) is 0 Å². The molecule has 0 aliphatic carbocycles. The first kappa shape index (κ1) is 15.6. The van der Waals surface area contributed by atoms with Crippen LogP contribution in [0.2, 0.25) is 10.0 Å². The number of benzene rings is 2. The molecular formula is C16H10BrCl2NO2. The lowest BCUT2D eigenvalue weighted by molar-refractivity contribution is 0.281. The van der Waals surface area contributed by atoms with Crippen LogP contribution in [0.1, 0.15) is 5.56 Å². The van der Waals surface area contributed by atoms with Gasteiger partial charge in [-0.2, -0.15) is 0 Å². The van der Waals surface area contributed by atoms with E-state index in [9.17, 15) is 5.11 Å². The smallest absolute Gasteiger partial charge is 0.173 e. The van der Waals surface area contributed by atoms with Crippen molar-refractivity contribution in [3.63, 3.8) is 0 Å². The highest BCUT2D eigenvalue weighted by atomic mass is 79.9. The molecule has 0 radical (unpaired) electrons. The van der Waals surface area contributed by atoms with E-state index >= 15 is 0 Å². The van der Waals surface area contributed by atoms with Crippen molar-refractivity contribution < 1.29 is 9.63 Å². The van der Waals surface area contributed by atoms with Crippen molar-refractivity contribution in [3.8, 4) is 22.6 Å². The lowest BCUT2D eigenvalue weighted by Crippen LogP contribution is -1.89. The number of aromatic nitrogens is 1. The highest BCUT2D eigenvalue weighted by Gasteiger charge is 2.19. The molecule has 1 aromatic heterocycles. The number of aliphatic hydroxyl groups is 1. The van der Waals surface area contributed by atoms with E-state index in [4.69, 9.17) is 27.7 Å². The molecule has 0 saturated heterocycles. The third-order valence-electron chi connectivity index (χ3n) is 3.23. The van der Waals surface area contributed by atoms with Gasteiger partial charge in [0.25, 0.3) is 0 Å². The Labute approximate surface area is 145 Å². The Morgan fingerprint density at radius 3 is 2.55 bits per heavy atom. The molecule has 0 bridgehead atoms. The van der Waals surface area contributed by atoms with Gasteiger partial charge < -0.3 is 9.63 Å². The van der Waals surface area contributed by atoms with Gasteiger partial charge in [-0.3, -0.25) is 0 Å². The van der Waals surface area contributed by atoms with E-state index in [0.717, 1.165) is 10.0 Å². The van der Waals surface area contributed by atoms with Gasteiger partial charge in [-0.25, -0.2) is 0 Å². The lowest BCUT2D eigenvalue weighted by atomic mass is 10.0. The fraction of sp³-hybridized carbons (Fsp3) is 0.0625. The summed E-state index contributed by atoms with van der Waals surface area (Å²) in [5.74, 6) is 0.482. The summed E-state index contributed by atoms with van der Waals surface area (Å²) in [6.45, 7) is -0.194. The van der Waals surface area contributed by atoms with Crippen LogP contribution in [0.15, 0.2) is 51.5 Å². The molecule has 3 rings (SSSR count). The predicted octanol–water partition coefficient (Wildman–Crippen LogP) is 5.57. The first-order chi connectivity index (χ1) is 10.6. The Hall–Kier alpha value is -1.33. The molecule has 0 aliphatic rings. The Kier molecular flexibility index (Phi) is 4.54. The molecule has 3 nitrogen and oxygen atoms in total. The molecule has 0 unspecified atom stereocenters. The van der Waals surface area contributed by atoms with Gasteiger partial charge in [0, 0.05) is 15.6 Å². The maximum atomic E-state index is 9.73. The largest absolute Gasteiger partial charge is 0.391 e. The lowest BCUT2D eigenvalue weighted by Gasteiger charge is -2.03. The van der Waals surface area contributed by atoms with Crippen molar-refractivity contribution in [3.05, 3.63) is 62.5 Å². The zero-order chi connectivity index (χ0) is 15.7. The molecule has 0 fully saturated rings. The molecule has 0 aliphatic heterocycles. The van der Waals surface area contributed by atoms with Crippen LogP contribution in [0.4, 0.5) is 0 Å². The van der Waals surface area contributed by atoms with E-state index in [2.05, 4.69) is 21.1 Å². The molecule has 0 saturated carbocycles. The second-order valence-corrected chi connectivity index (χ2v) is 6.37. The van der Waals surface area contributed by atoms with E-state index < -0.39 is 0 Å². The summed E-state index contributed by atoms with van der Waals surface area (Å²) in [5.41, 5.74) is 2.78. The first-order valence-electron chi connectivity index (χ1n) is 6.41. The molecule has 112 valence electrons. The monoisotopic (exact) mass is 397 g/mol. The second kappa shape index (κ2) is 6.42. The van der Waals surface area contributed by atoms with Gasteiger partial charge in [0.2, 0.25) is 0 Å². The predicted molar refractivity (Wildman–Crippen MR) is 91.0 cm³/mol. The minimum Gasteiger partial charge on any atom is -0.391 e. The van der Waals surface area contributed by atoms with Crippen molar-refractivity contribution in [2.75, 3.05) is 0 Å². The van der Waals surface area contributed by atoms with Crippen LogP contribution in [0, 0.1) is 0 Å². The van der Waals surface area contributed by atoms with E-state index in [1.54, 1.807) is 18.2 Å². The van der Waals surface area contributed by atoms with Crippen LogP contribution in [0.5, 0.6) is 0 Å². The summed E-state index contributed by atoms with van der Waals surface area (Å²) in [6, 6.07) is 12.8. The van der Waals surface area contributed by atoms with E-state index in [-0.39, 0.29) is 6.61 Å². The number of nitrogens with zero attached hydrogens (tertiary/aromatic N) is 1. The van der Waals surface area contributed by atoms with E-state index in [0.29, 0.717) is 32.6 Å². The van der Waals surface area contributed by atoms with Crippen molar-refractivity contribution >= 4 is 39.1 Å². The molecular weight excluding hydrogens is 389 g/mol. The molecule has 0 atom stereocenters. The third kappa shape index (κ3) is 2.92. The summed E-state index contributed by atoms with van der Waals surface area (Å²) >= 11 is 15.4. The van der Waals surface area contributed by atoms with Crippen LogP contribution in [-0.4, -0.2) is 10.3 Å². The summed E-state index contributed by atoms with van der Waals surface area (Å²) in [6.07, 6.45) is 0. The zero-order valence-electron chi connectivity index (χ0n) is 11.2. The molecule has 22 heavy (non-hydrogen) atoms. The van der Waals surface area contributed by atoms with Crippen molar-refractivity contribution in [2.24, 2.45) is 0 Å². The molecule has 6 heteroatoms. The molecule has 1 N–H and O–H groups in total. The minimum atomic E-state index is -0.194. The number of hydrogen-bond donors (Lipinski definition) is 1. The summed E-state index contributed by atoms with van der Waals surface area (Å²) in [5, 5.41) is 14.7. The topological polar surface area (TPSA) is 46.3 Å². The Bertz CT molecular complexity index is 833. The Balaban J connectivity index is 2.13. The van der Waals surface area contributed by atoms with Crippen LogP contribution < -0.4 is 0 Å². The summed E-state index contributed by atoms with van der Waals surface area (Å²) in [4.78, 5) is 0.